The van der Waals surface area contributed by atoms with E-state index in [0.29, 0.717) is 11.7 Å². The summed E-state index contributed by atoms with van der Waals surface area (Å²) in [5.74, 6) is 1.31. The molecule has 0 amide bonds. The standard InChI is InChI=1S/C7H8O2S/c8-6-1-3-7(4-2-6)9-5-10/h1-4,8,10H,5H2. The molecule has 1 N–H and O–H groups in total. The second-order valence-electron chi connectivity index (χ2n) is 1.77. The van der Waals surface area contributed by atoms with Gasteiger partial charge in [-0.3, -0.25) is 0 Å². The molecule has 3 heteroatoms. The lowest BCUT2D eigenvalue weighted by molar-refractivity contribution is 0.393. The van der Waals surface area contributed by atoms with Crippen molar-refractivity contribution < 1.29 is 9.84 Å². The molecular formula is C7H8O2S. The molecule has 0 unspecified atom stereocenters. The number of aromatic hydroxyl groups is 1. The van der Waals surface area contributed by atoms with Gasteiger partial charge in [0.25, 0.3) is 0 Å². The molecule has 0 radical (unpaired) electrons. The fourth-order valence-electron chi connectivity index (χ4n) is 0.617. The summed E-state index contributed by atoms with van der Waals surface area (Å²) in [6.45, 7) is 0. The molecule has 10 heavy (non-hydrogen) atoms. The van der Waals surface area contributed by atoms with Gasteiger partial charge in [0.2, 0.25) is 0 Å². The van der Waals surface area contributed by atoms with Crippen LogP contribution in [0.3, 0.4) is 0 Å². The monoisotopic (exact) mass is 156 g/mol. The van der Waals surface area contributed by atoms with E-state index in [0.717, 1.165) is 0 Å². The van der Waals surface area contributed by atoms with Crippen LogP contribution in [-0.2, 0) is 0 Å². The van der Waals surface area contributed by atoms with Gasteiger partial charge in [0.15, 0.2) is 0 Å². The van der Waals surface area contributed by atoms with Gasteiger partial charge in [-0.15, -0.1) is 12.6 Å². The van der Waals surface area contributed by atoms with Gasteiger partial charge in [-0.2, -0.15) is 0 Å². The van der Waals surface area contributed by atoms with Crippen molar-refractivity contribution in [1.29, 1.82) is 0 Å². The van der Waals surface area contributed by atoms with Gasteiger partial charge < -0.3 is 9.84 Å². The highest BCUT2D eigenvalue weighted by Crippen LogP contribution is 2.15. The van der Waals surface area contributed by atoms with Crippen molar-refractivity contribution in [3.8, 4) is 11.5 Å². The van der Waals surface area contributed by atoms with Crippen LogP contribution in [-0.4, -0.2) is 11.0 Å². The van der Waals surface area contributed by atoms with Crippen molar-refractivity contribution in [1.82, 2.24) is 0 Å². The largest absolute Gasteiger partial charge is 0.508 e. The van der Waals surface area contributed by atoms with Gasteiger partial charge in [0.1, 0.15) is 17.4 Å². The number of hydrogen-bond acceptors (Lipinski definition) is 3. The van der Waals surface area contributed by atoms with E-state index in [9.17, 15) is 0 Å². The fraction of sp³-hybridized carbons (Fsp3) is 0.143. The average molecular weight is 156 g/mol. The fourth-order valence-corrected chi connectivity index (χ4v) is 0.766. The summed E-state index contributed by atoms with van der Waals surface area (Å²) in [5, 5.41) is 8.85. The minimum absolute atomic E-state index is 0.242. The van der Waals surface area contributed by atoms with Crippen molar-refractivity contribution in [2.75, 3.05) is 5.94 Å². The average Bonchev–Trinajstić information content (AvgIpc) is 1.95. The molecule has 0 spiro atoms. The Morgan fingerprint density at radius 3 is 2.40 bits per heavy atom. The minimum Gasteiger partial charge on any atom is -0.508 e. The van der Waals surface area contributed by atoms with Crippen molar-refractivity contribution in [2.45, 2.75) is 0 Å². The first kappa shape index (κ1) is 7.28. The third kappa shape index (κ3) is 1.84. The van der Waals surface area contributed by atoms with Crippen LogP contribution in [0.4, 0.5) is 0 Å². The number of ether oxygens (including phenoxy) is 1. The van der Waals surface area contributed by atoms with Crippen LogP contribution < -0.4 is 4.74 Å². The summed E-state index contributed by atoms with van der Waals surface area (Å²) in [5.41, 5.74) is 0. The predicted octanol–water partition coefficient (Wildman–Crippen LogP) is 1.66. The first-order valence-electron chi connectivity index (χ1n) is 2.85. The molecule has 1 rings (SSSR count). The molecular weight excluding hydrogens is 148 g/mol. The lowest BCUT2D eigenvalue weighted by Crippen LogP contribution is -1.87. The lowest BCUT2D eigenvalue weighted by Gasteiger charge is -2.00. The predicted molar refractivity (Wildman–Crippen MR) is 42.6 cm³/mol. The van der Waals surface area contributed by atoms with Crippen LogP contribution in [0.1, 0.15) is 0 Å². The van der Waals surface area contributed by atoms with Crippen molar-refractivity contribution >= 4 is 12.6 Å². The molecule has 2 nitrogen and oxygen atoms in total. The number of thiol groups is 1. The van der Waals surface area contributed by atoms with Gasteiger partial charge in [-0.25, -0.2) is 0 Å². The molecule has 1 aromatic rings. The Kier molecular flexibility index (Phi) is 2.45. The highest BCUT2D eigenvalue weighted by molar-refractivity contribution is 7.80. The lowest BCUT2D eigenvalue weighted by atomic mass is 10.3. The molecule has 0 fully saturated rings. The van der Waals surface area contributed by atoms with E-state index in [2.05, 4.69) is 12.6 Å². The van der Waals surface area contributed by atoms with Crippen molar-refractivity contribution in [3.05, 3.63) is 24.3 Å². The number of phenolic OH excluding ortho intramolecular Hbond substituents is 1. The zero-order valence-electron chi connectivity index (χ0n) is 5.32. The van der Waals surface area contributed by atoms with Crippen LogP contribution in [0, 0.1) is 0 Å². The van der Waals surface area contributed by atoms with Crippen LogP contribution in [0.5, 0.6) is 11.5 Å². The Morgan fingerprint density at radius 2 is 1.90 bits per heavy atom. The smallest absolute Gasteiger partial charge is 0.131 e. The normalized spacial score (nSPS) is 9.30. The van der Waals surface area contributed by atoms with Gasteiger partial charge in [0, 0.05) is 0 Å². The Labute approximate surface area is 64.9 Å². The van der Waals surface area contributed by atoms with E-state index in [-0.39, 0.29) is 5.75 Å². The van der Waals surface area contributed by atoms with Crippen LogP contribution in [0.25, 0.3) is 0 Å². The molecule has 0 aliphatic heterocycles. The van der Waals surface area contributed by atoms with Crippen molar-refractivity contribution in [2.24, 2.45) is 0 Å². The van der Waals surface area contributed by atoms with E-state index in [1.807, 2.05) is 0 Å². The van der Waals surface area contributed by atoms with Crippen LogP contribution in [0.2, 0.25) is 0 Å². The SMILES string of the molecule is Oc1ccc(OCS)cc1. The molecule has 1 aromatic carbocycles. The number of rotatable bonds is 2. The molecule has 0 aromatic heterocycles. The Bertz CT molecular complexity index is 195. The third-order valence-corrected chi connectivity index (χ3v) is 1.20. The van der Waals surface area contributed by atoms with E-state index in [1.54, 1.807) is 24.3 Å². The topological polar surface area (TPSA) is 29.5 Å². The second kappa shape index (κ2) is 3.37. The molecule has 0 saturated carbocycles. The summed E-state index contributed by atoms with van der Waals surface area (Å²) >= 11 is 3.87. The highest BCUT2D eigenvalue weighted by Gasteiger charge is 1.89. The Morgan fingerprint density at radius 1 is 1.30 bits per heavy atom. The van der Waals surface area contributed by atoms with Gasteiger partial charge in [0.05, 0.1) is 0 Å². The maximum Gasteiger partial charge on any atom is 0.131 e. The van der Waals surface area contributed by atoms with Crippen LogP contribution in [0.15, 0.2) is 24.3 Å². The molecule has 0 aliphatic carbocycles. The van der Waals surface area contributed by atoms with Gasteiger partial charge in [-0.05, 0) is 24.3 Å². The first-order chi connectivity index (χ1) is 4.83. The molecule has 0 bridgehead atoms. The van der Waals surface area contributed by atoms with E-state index in [1.165, 1.54) is 0 Å². The number of benzene rings is 1. The number of phenols is 1. The summed E-state index contributed by atoms with van der Waals surface area (Å²) in [4.78, 5) is 0. The van der Waals surface area contributed by atoms with E-state index in [4.69, 9.17) is 9.84 Å². The van der Waals surface area contributed by atoms with E-state index < -0.39 is 0 Å². The second-order valence-corrected chi connectivity index (χ2v) is 2.03. The highest BCUT2D eigenvalue weighted by atomic mass is 32.1. The summed E-state index contributed by atoms with van der Waals surface area (Å²) in [7, 11) is 0. The summed E-state index contributed by atoms with van der Waals surface area (Å²) < 4.78 is 5.01. The molecule has 0 aliphatic rings. The zero-order chi connectivity index (χ0) is 7.40. The molecule has 0 atom stereocenters. The summed E-state index contributed by atoms with van der Waals surface area (Å²) in [6.07, 6.45) is 0. The third-order valence-electron chi connectivity index (χ3n) is 1.07. The first-order valence-corrected chi connectivity index (χ1v) is 3.49. The Hall–Kier alpha value is -0.830. The zero-order valence-corrected chi connectivity index (χ0v) is 6.21. The van der Waals surface area contributed by atoms with Gasteiger partial charge >= 0.3 is 0 Å². The Balaban J connectivity index is 2.69. The quantitative estimate of drug-likeness (QED) is 0.503. The molecule has 0 heterocycles. The van der Waals surface area contributed by atoms with Crippen LogP contribution >= 0.6 is 12.6 Å². The minimum atomic E-state index is 0.242. The maximum atomic E-state index is 8.85. The molecule has 0 saturated heterocycles. The van der Waals surface area contributed by atoms with E-state index >= 15 is 0 Å². The molecule has 54 valence electrons. The number of hydrogen-bond donors (Lipinski definition) is 2. The summed E-state index contributed by atoms with van der Waals surface area (Å²) in [6, 6.07) is 6.51. The maximum absolute atomic E-state index is 8.85. The van der Waals surface area contributed by atoms with Crippen molar-refractivity contribution in [3.63, 3.8) is 0 Å². The van der Waals surface area contributed by atoms with Gasteiger partial charge in [-0.1, -0.05) is 0 Å².